The fourth-order valence-electron chi connectivity index (χ4n) is 1.48. The van der Waals surface area contributed by atoms with E-state index >= 15 is 0 Å². The van der Waals surface area contributed by atoms with Crippen molar-refractivity contribution in [3.63, 3.8) is 0 Å². The highest BCUT2D eigenvalue weighted by Crippen LogP contribution is 2.25. The molecule has 0 bridgehead atoms. The van der Waals surface area contributed by atoms with Gasteiger partial charge in [0.15, 0.2) is 0 Å². The van der Waals surface area contributed by atoms with Crippen molar-refractivity contribution in [1.82, 2.24) is 0 Å². The fraction of sp³-hybridized carbons (Fsp3) is 0.571. The van der Waals surface area contributed by atoms with Crippen molar-refractivity contribution in [1.29, 1.82) is 0 Å². The van der Waals surface area contributed by atoms with E-state index in [1.54, 1.807) is 0 Å². The van der Waals surface area contributed by atoms with Crippen LogP contribution < -0.4 is 5.32 Å². The van der Waals surface area contributed by atoms with Crippen LogP contribution in [-0.2, 0) is 9.47 Å². The van der Waals surface area contributed by atoms with Crippen molar-refractivity contribution in [3.05, 3.63) is 27.1 Å². The predicted octanol–water partition coefficient (Wildman–Crippen LogP) is 3.43. The lowest BCUT2D eigenvalue weighted by atomic mass is 10.3. The molecule has 1 rings (SSSR count). The maximum absolute atomic E-state index is 9.81. The molecule has 4 nitrogen and oxygen atoms in total. The molecule has 2 N–H and O–H groups in total. The number of hydrogen-bond donors (Lipinski definition) is 2. The Labute approximate surface area is 137 Å². The zero-order chi connectivity index (χ0) is 15.0. The first kappa shape index (κ1) is 17.9. The predicted molar refractivity (Wildman–Crippen MR) is 88.2 cm³/mol. The smallest absolute Gasteiger partial charge is 0.0945 e. The summed E-state index contributed by atoms with van der Waals surface area (Å²) in [7, 11) is 0. The molecule has 0 saturated carbocycles. The van der Waals surface area contributed by atoms with Crippen LogP contribution in [0.15, 0.2) is 27.1 Å². The third kappa shape index (κ3) is 7.59. The van der Waals surface area contributed by atoms with Crippen LogP contribution >= 0.6 is 31.9 Å². The minimum atomic E-state index is -0.551. The zero-order valence-electron chi connectivity index (χ0n) is 11.7. The number of ether oxygens (including phenoxy) is 2. The van der Waals surface area contributed by atoms with Crippen molar-refractivity contribution < 1.29 is 14.6 Å². The molecule has 0 fully saturated rings. The summed E-state index contributed by atoms with van der Waals surface area (Å²) >= 11 is 6.86. The Kier molecular flexibility index (Phi) is 8.72. The third-order valence-electron chi connectivity index (χ3n) is 2.45. The Hall–Kier alpha value is -0.140. The zero-order valence-corrected chi connectivity index (χ0v) is 14.9. The summed E-state index contributed by atoms with van der Waals surface area (Å²) in [6.45, 7) is 5.74. The van der Waals surface area contributed by atoms with E-state index in [2.05, 4.69) is 37.2 Å². The topological polar surface area (TPSA) is 50.7 Å². The highest BCUT2D eigenvalue weighted by molar-refractivity contribution is 9.11. The molecule has 1 unspecified atom stereocenters. The van der Waals surface area contributed by atoms with E-state index in [-0.39, 0.29) is 6.10 Å². The monoisotopic (exact) mass is 409 g/mol. The van der Waals surface area contributed by atoms with Gasteiger partial charge in [0, 0.05) is 21.2 Å². The molecule has 1 atom stereocenters. The number of anilines is 1. The molecule has 6 heteroatoms. The second-order valence-corrected chi connectivity index (χ2v) is 6.42. The fourth-order valence-corrected chi connectivity index (χ4v) is 2.67. The summed E-state index contributed by atoms with van der Waals surface area (Å²) in [5, 5.41) is 13.0. The molecule has 0 aromatic heterocycles. The molecule has 1 aromatic carbocycles. The average molecular weight is 411 g/mol. The number of aliphatic hydroxyl groups excluding tert-OH is 1. The molecule has 0 saturated heterocycles. The highest BCUT2D eigenvalue weighted by atomic mass is 79.9. The maximum Gasteiger partial charge on any atom is 0.0945 e. The van der Waals surface area contributed by atoms with Crippen molar-refractivity contribution >= 4 is 37.5 Å². The van der Waals surface area contributed by atoms with Gasteiger partial charge < -0.3 is 19.9 Å². The molecule has 0 amide bonds. The molecule has 0 spiro atoms. The summed E-state index contributed by atoms with van der Waals surface area (Å²) in [4.78, 5) is 0. The molecule has 0 aliphatic heterocycles. The molecule has 114 valence electrons. The van der Waals surface area contributed by atoms with E-state index in [0.29, 0.717) is 26.4 Å². The maximum atomic E-state index is 9.81. The molecule has 0 aliphatic carbocycles. The van der Waals surface area contributed by atoms with Crippen LogP contribution in [-0.4, -0.2) is 43.7 Å². The van der Waals surface area contributed by atoms with E-state index in [4.69, 9.17) is 9.47 Å². The van der Waals surface area contributed by atoms with E-state index in [1.165, 1.54) is 0 Å². The Morgan fingerprint density at radius 1 is 1.25 bits per heavy atom. The van der Waals surface area contributed by atoms with Gasteiger partial charge in [0.1, 0.15) is 0 Å². The normalized spacial score (nSPS) is 12.7. The van der Waals surface area contributed by atoms with Gasteiger partial charge in [0.25, 0.3) is 0 Å². The summed E-state index contributed by atoms with van der Waals surface area (Å²) in [6.07, 6.45) is -0.343. The number of hydrogen-bond acceptors (Lipinski definition) is 4. The Morgan fingerprint density at radius 3 is 2.65 bits per heavy atom. The van der Waals surface area contributed by atoms with Crippen LogP contribution in [0.25, 0.3) is 0 Å². The Morgan fingerprint density at radius 2 is 2.00 bits per heavy atom. The van der Waals surface area contributed by atoms with Crippen LogP contribution in [0.5, 0.6) is 0 Å². The van der Waals surface area contributed by atoms with E-state index < -0.39 is 6.10 Å². The first-order valence-corrected chi connectivity index (χ1v) is 8.14. The minimum Gasteiger partial charge on any atom is -0.389 e. The van der Waals surface area contributed by atoms with Gasteiger partial charge in [-0.1, -0.05) is 15.9 Å². The second-order valence-electron chi connectivity index (χ2n) is 4.65. The highest BCUT2D eigenvalue weighted by Gasteiger charge is 2.06. The number of nitrogens with one attached hydrogen (secondary N) is 1. The quantitative estimate of drug-likeness (QED) is 0.612. The van der Waals surface area contributed by atoms with Crippen molar-refractivity contribution in [3.8, 4) is 0 Å². The second kappa shape index (κ2) is 9.73. The Balaban J connectivity index is 2.18. The van der Waals surface area contributed by atoms with Gasteiger partial charge in [-0.15, -0.1) is 0 Å². The minimum absolute atomic E-state index is 0.208. The van der Waals surface area contributed by atoms with E-state index in [9.17, 15) is 5.11 Å². The molecule has 1 aromatic rings. The largest absolute Gasteiger partial charge is 0.389 e. The lowest BCUT2D eigenvalue weighted by Crippen LogP contribution is -2.26. The number of halogens is 2. The average Bonchev–Trinajstić information content (AvgIpc) is 2.37. The summed E-state index contributed by atoms with van der Waals surface area (Å²) in [6, 6.07) is 5.84. The van der Waals surface area contributed by atoms with Crippen molar-refractivity contribution in [2.45, 2.75) is 26.1 Å². The molecule has 0 heterocycles. The molecule has 20 heavy (non-hydrogen) atoms. The van der Waals surface area contributed by atoms with Gasteiger partial charge in [-0.3, -0.25) is 0 Å². The van der Waals surface area contributed by atoms with Gasteiger partial charge in [0.2, 0.25) is 0 Å². The van der Waals surface area contributed by atoms with Crippen LogP contribution in [0.1, 0.15) is 13.8 Å². The number of rotatable bonds is 9. The lowest BCUT2D eigenvalue weighted by molar-refractivity contribution is -0.00734. The van der Waals surface area contributed by atoms with Crippen LogP contribution in [0.2, 0.25) is 0 Å². The summed E-state index contributed by atoms with van der Waals surface area (Å²) in [5.41, 5.74) is 0.940. The van der Waals surface area contributed by atoms with Gasteiger partial charge in [0.05, 0.1) is 32.0 Å². The van der Waals surface area contributed by atoms with E-state index in [0.717, 1.165) is 14.6 Å². The summed E-state index contributed by atoms with van der Waals surface area (Å²) < 4.78 is 12.6. The van der Waals surface area contributed by atoms with Gasteiger partial charge in [-0.2, -0.15) is 0 Å². The standard InChI is InChI=1S/C14H21Br2NO3/c1-10(2)20-6-5-19-9-12(18)8-17-14-4-3-11(15)7-13(14)16/h3-4,7,10,12,17-18H,5-6,8-9H2,1-2H3. The van der Waals surface area contributed by atoms with Crippen molar-refractivity contribution in [2.24, 2.45) is 0 Å². The third-order valence-corrected chi connectivity index (χ3v) is 3.60. The van der Waals surface area contributed by atoms with Gasteiger partial charge in [-0.05, 0) is 48.0 Å². The first-order valence-electron chi connectivity index (χ1n) is 6.55. The van der Waals surface area contributed by atoms with Crippen LogP contribution in [0, 0.1) is 0 Å². The lowest BCUT2D eigenvalue weighted by Gasteiger charge is -2.15. The molecular weight excluding hydrogens is 390 g/mol. The molecule has 0 aliphatic rings. The first-order chi connectivity index (χ1) is 9.49. The van der Waals surface area contributed by atoms with E-state index in [1.807, 2.05) is 32.0 Å². The number of benzene rings is 1. The molecule has 0 radical (unpaired) electrons. The van der Waals surface area contributed by atoms with Crippen molar-refractivity contribution in [2.75, 3.05) is 31.7 Å². The summed E-state index contributed by atoms with van der Waals surface area (Å²) in [5.74, 6) is 0. The van der Waals surface area contributed by atoms with Crippen LogP contribution in [0.3, 0.4) is 0 Å². The van der Waals surface area contributed by atoms with Crippen LogP contribution in [0.4, 0.5) is 5.69 Å². The SMILES string of the molecule is CC(C)OCCOCC(O)CNc1ccc(Br)cc1Br. The van der Waals surface area contributed by atoms with Gasteiger partial charge >= 0.3 is 0 Å². The number of aliphatic hydroxyl groups is 1. The van der Waals surface area contributed by atoms with Gasteiger partial charge in [-0.25, -0.2) is 0 Å². The molecular formula is C14H21Br2NO3. The Bertz CT molecular complexity index is 402.